The van der Waals surface area contributed by atoms with Crippen molar-refractivity contribution in [2.45, 2.75) is 119 Å². The maximum Gasteiger partial charge on any atom is 0.312 e. The van der Waals surface area contributed by atoms with E-state index in [0.29, 0.717) is 51.1 Å². The first-order valence-corrected chi connectivity index (χ1v) is 19.1. The number of nitrogens with two attached hydrogens (primary N) is 1. The van der Waals surface area contributed by atoms with Gasteiger partial charge in [0.1, 0.15) is 6.61 Å². The highest BCUT2D eigenvalue weighted by Crippen LogP contribution is 2.22. The Morgan fingerprint density at radius 2 is 1.36 bits per heavy atom. The van der Waals surface area contributed by atoms with Crippen molar-refractivity contribution in [1.29, 1.82) is 0 Å². The monoisotopic (exact) mass is 775 g/mol. The van der Waals surface area contributed by atoms with Gasteiger partial charge in [0, 0.05) is 62.1 Å². The van der Waals surface area contributed by atoms with E-state index in [1.165, 1.54) is 0 Å². The number of ether oxygens (including phenoxy) is 2. The third kappa shape index (κ3) is 20.7. The molecule has 55 heavy (non-hydrogen) atoms. The quantitative estimate of drug-likeness (QED) is 0.0592. The van der Waals surface area contributed by atoms with E-state index in [9.17, 15) is 38.7 Å². The molecule has 0 bridgehead atoms. The van der Waals surface area contributed by atoms with Gasteiger partial charge in [-0.15, -0.1) is 0 Å². The first-order chi connectivity index (χ1) is 25.6. The second-order valence-electron chi connectivity index (χ2n) is 16.3. The maximum atomic E-state index is 13.8. The lowest BCUT2D eigenvalue weighted by atomic mass is 9.88. The zero-order valence-electron chi connectivity index (χ0n) is 34.0. The standard InChI is InChI=1S/C40H65N5O10/c1-26(2)33(45-34(49)28(16-19-32(47)48)13-10-22-54-23-11-21-42-36(51)39(3,4)5)31(46)24-29(12-9-20-43-38(41)53)35(50)44-30-17-14-27(15-18-30)25-55-37(52)40(6,7)8/h14-15,17-18,26,28-29,33H,9-13,16,19-25H2,1-8H3,(H,42,51)(H,44,50)(H,45,49)(H,47,48)(H3,41,43,53)/t28-,29+,33-/m0/s1. The van der Waals surface area contributed by atoms with Crippen molar-refractivity contribution in [2.75, 3.05) is 31.6 Å². The second kappa shape index (κ2) is 24.1. The number of amides is 5. The number of urea groups is 1. The molecule has 15 heteroatoms. The normalized spacial score (nSPS) is 13.3. The van der Waals surface area contributed by atoms with Gasteiger partial charge in [-0.2, -0.15) is 0 Å². The van der Waals surface area contributed by atoms with E-state index < -0.39 is 52.5 Å². The van der Waals surface area contributed by atoms with Gasteiger partial charge in [-0.25, -0.2) is 4.79 Å². The molecule has 7 N–H and O–H groups in total. The highest BCUT2D eigenvalue weighted by atomic mass is 16.5. The highest BCUT2D eigenvalue weighted by Gasteiger charge is 2.31. The minimum atomic E-state index is -1.04. The molecule has 1 aromatic carbocycles. The van der Waals surface area contributed by atoms with Gasteiger partial charge >= 0.3 is 18.0 Å². The number of hydrogen-bond donors (Lipinski definition) is 6. The minimum absolute atomic E-state index is 0.0465. The number of benzene rings is 1. The number of esters is 1. The lowest BCUT2D eigenvalue weighted by Gasteiger charge is -2.26. The number of carboxylic acid groups (broad SMARTS) is 1. The molecule has 0 unspecified atom stereocenters. The summed E-state index contributed by atoms with van der Waals surface area (Å²) in [5, 5.41) is 20.3. The molecule has 0 aliphatic carbocycles. The lowest BCUT2D eigenvalue weighted by molar-refractivity contribution is -0.154. The Labute approximate surface area is 326 Å². The molecule has 5 amide bonds. The highest BCUT2D eigenvalue weighted by molar-refractivity contribution is 5.97. The van der Waals surface area contributed by atoms with Crippen molar-refractivity contribution >= 4 is 47.2 Å². The van der Waals surface area contributed by atoms with E-state index in [4.69, 9.17) is 15.2 Å². The molecule has 1 rings (SSSR count). The number of hydrogen-bond acceptors (Lipinski definition) is 9. The Hall–Kier alpha value is -4.53. The molecule has 0 aliphatic rings. The van der Waals surface area contributed by atoms with Crippen LogP contribution in [-0.2, 0) is 44.8 Å². The maximum absolute atomic E-state index is 13.8. The van der Waals surface area contributed by atoms with Crippen molar-refractivity contribution in [1.82, 2.24) is 16.0 Å². The van der Waals surface area contributed by atoms with Gasteiger partial charge in [-0.3, -0.25) is 28.8 Å². The largest absolute Gasteiger partial charge is 0.481 e. The molecular formula is C40H65N5O10. The fourth-order valence-electron chi connectivity index (χ4n) is 5.32. The van der Waals surface area contributed by atoms with Gasteiger partial charge < -0.3 is 41.6 Å². The van der Waals surface area contributed by atoms with Gasteiger partial charge in [0.2, 0.25) is 17.7 Å². The van der Waals surface area contributed by atoms with E-state index in [2.05, 4.69) is 21.3 Å². The summed E-state index contributed by atoms with van der Waals surface area (Å²) in [6, 6.07) is 5.12. The Kier molecular flexibility index (Phi) is 21.2. The summed E-state index contributed by atoms with van der Waals surface area (Å²) in [5.74, 6) is -4.49. The van der Waals surface area contributed by atoms with E-state index >= 15 is 0 Å². The van der Waals surface area contributed by atoms with Gasteiger partial charge in [0.05, 0.1) is 11.5 Å². The molecule has 0 fully saturated rings. The zero-order valence-corrected chi connectivity index (χ0v) is 34.0. The fourth-order valence-corrected chi connectivity index (χ4v) is 5.32. The number of ketones is 1. The topological polar surface area (TPSA) is 232 Å². The van der Waals surface area contributed by atoms with Crippen LogP contribution in [-0.4, -0.2) is 78.9 Å². The van der Waals surface area contributed by atoms with Crippen LogP contribution in [0.1, 0.15) is 112 Å². The van der Waals surface area contributed by atoms with Crippen LogP contribution in [0.3, 0.4) is 0 Å². The van der Waals surface area contributed by atoms with Gasteiger partial charge in [0.15, 0.2) is 5.78 Å². The van der Waals surface area contributed by atoms with Crippen LogP contribution >= 0.6 is 0 Å². The molecule has 0 saturated carbocycles. The fraction of sp³-hybridized carbons (Fsp3) is 0.675. The summed E-state index contributed by atoms with van der Waals surface area (Å²) in [4.78, 5) is 87.6. The third-order valence-electron chi connectivity index (χ3n) is 8.71. The summed E-state index contributed by atoms with van der Waals surface area (Å²) in [5.41, 5.74) is 5.26. The Morgan fingerprint density at radius 1 is 0.764 bits per heavy atom. The number of Topliss-reactive ketones (excluding diaryl/α,β-unsaturated/α-hetero) is 1. The van der Waals surface area contributed by atoms with Crippen LogP contribution in [0, 0.1) is 28.6 Å². The van der Waals surface area contributed by atoms with E-state index in [1.54, 1.807) is 58.9 Å². The lowest BCUT2D eigenvalue weighted by Crippen LogP contribution is -2.47. The Bertz CT molecular complexity index is 1420. The van der Waals surface area contributed by atoms with Crippen molar-refractivity contribution in [2.24, 2.45) is 34.3 Å². The molecule has 15 nitrogen and oxygen atoms in total. The predicted molar refractivity (Wildman–Crippen MR) is 209 cm³/mol. The summed E-state index contributed by atoms with van der Waals surface area (Å²) >= 11 is 0. The molecule has 0 radical (unpaired) electrons. The van der Waals surface area contributed by atoms with Crippen molar-refractivity contribution in [3.8, 4) is 0 Å². The van der Waals surface area contributed by atoms with Crippen LogP contribution in [0.4, 0.5) is 10.5 Å². The van der Waals surface area contributed by atoms with Crippen molar-refractivity contribution in [3.63, 3.8) is 0 Å². The zero-order chi connectivity index (χ0) is 41.8. The van der Waals surface area contributed by atoms with E-state index in [-0.39, 0.29) is 62.4 Å². The molecule has 0 saturated heterocycles. The Morgan fingerprint density at radius 3 is 1.93 bits per heavy atom. The number of carbonyl (C=O) groups excluding carboxylic acids is 6. The molecule has 310 valence electrons. The Balaban J connectivity index is 2.93. The molecule has 3 atom stereocenters. The predicted octanol–water partition coefficient (Wildman–Crippen LogP) is 4.71. The number of anilines is 1. The molecule has 0 aliphatic heterocycles. The van der Waals surface area contributed by atoms with Crippen molar-refractivity contribution < 1.29 is 48.1 Å². The van der Waals surface area contributed by atoms with E-state index in [0.717, 1.165) is 5.56 Å². The first-order valence-electron chi connectivity index (χ1n) is 19.1. The van der Waals surface area contributed by atoms with Crippen LogP contribution in [0.25, 0.3) is 0 Å². The third-order valence-corrected chi connectivity index (χ3v) is 8.71. The average molecular weight is 776 g/mol. The smallest absolute Gasteiger partial charge is 0.312 e. The summed E-state index contributed by atoms with van der Waals surface area (Å²) < 4.78 is 11.0. The summed E-state index contributed by atoms with van der Waals surface area (Å²) in [6.07, 6.45) is 1.69. The van der Waals surface area contributed by atoms with Crippen molar-refractivity contribution in [3.05, 3.63) is 29.8 Å². The number of primary amides is 1. The number of carboxylic acids is 1. The molecular weight excluding hydrogens is 710 g/mol. The number of rotatable bonds is 25. The van der Waals surface area contributed by atoms with Crippen LogP contribution in [0.2, 0.25) is 0 Å². The SMILES string of the molecule is CC(C)[C@H](NC(=O)[C@@H](CCCOCCCNC(=O)C(C)(C)C)CCC(=O)O)C(=O)C[C@@H](CCCNC(N)=O)C(=O)Nc1ccc(COC(=O)C(C)(C)C)cc1. The van der Waals surface area contributed by atoms with E-state index in [1.807, 2.05) is 20.8 Å². The van der Waals surface area contributed by atoms with Crippen LogP contribution < -0.4 is 27.0 Å². The number of nitrogens with one attached hydrogen (secondary N) is 4. The van der Waals surface area contributed by atoms with Gasteiger partial charge in [-0.1, -0.05) is 46.8 Å². The average Bonchev–Trinajstić information content (AvgIpc) is 3.08. The minimum Gasteiger partial charge on any atom is -0.481 e. The molecule has 0 aromatic heterocycles. The number of carbonyl (C=O) groups is 7. The second-order valence-corrected chi connectivity index (χ2v) is 16.3. The van der Waals surface area contributed by atoms with Crippen LogP contribution in [0.5, 0.6) is 0 Å². The number of aliphatic carboxylic acids is 1. The first kappa shape index (κ1) is 48.5. The molecule has 0 heterocycles. The molecule has 0 spiro atoms. The van der Waals surface area contributed by atoms with Gasteiger partial charge in [-0.05, 0) is 82.9 Å². The molecule has 1 aromatic rings. The van der Waals surface area contributed by atoms with Crippen LogP contribution in [0.15, 0.2) is 24.3 Å². The van der Waals surface area contributed by atoms with Gasteiger partial charge in [0.25, 0.3) is 0 Å². The summed E-state index contributed by atoms with van der Waals surface area (Å²) in [7, 11) is 0. The summed E-state index contributed by atoms with van der Waals surface area (Å²) in [6.45, 7) is 15.8.